The minimum Gasteiger partial charge on any atom is -0.319 e. The van der Waals surface area contributed by atoms with Gasteiger partial charge in [0.05, 0.1) is 16.2 Å². The molecule has 2 aromatic rings. The molecule has 1 heterocycles. The first-order valence-electron chi connectivity index (χ1n) is 5.76. The van der Waals surface area contributed by atoms with Crippen molar-refractivity contribution >= 4 is 44.8 Å². The van der Waals surface area contributed by atoms with E-state index in [1.807, 2.05) is 6.92 Å². The maximum atomic E-state index is 12.2. The Bertz CT molecular complexity index is 737. The van der Waals surface area contributed by atoms with Gasteiger partial charge in [-0.1, -0.05) is 17.7 Å². The van der Waals surface area contributed by atoms with Crippen molar-refractivity contribution in [2.45, 2.75) is 6.92 Å². The highest BCUT2D eigenvalue weighted by atomic mass is 79.9. The Kier molecular flexibility index (Phi) is 4.54. The summed E-state index contributed by atoms with van der Waals surface area (Å²) in [5.41, 5.74) is 1.13. The van der Waals surface area contributed by atoms with Crippen molar-refractivity contribution in [1.29, 1.82) is 0 Å². The first-order chi connectivity index (χ1) is 9.90. The van der Waals surface area contributed by atoms with Gasteiger partial charge in [0, 0.05) is 12.3 Å². The molecule has 108 valence electrons. The topological polar surface area (TPSA) is 85.1 Å². The molecular formula is C13H9BrClN3O3. The van der Waals surface area contributed by atoms with E-state index in [1.54, 1.807) is 12.3 Å². The van der Waals surface area contributed by atoms with E-state index >= 15 is 0 Å². The molecule has 0 radical (unpaired) electrons. The van der Waals surface area contributed by atoms with Gasteiger partial charge in [0.2, 0.25) is 0 Å². The molecule has 8 heteroatoms. The molecule has 0 aliphatic rings. The molecule has 1 amide bonds. The van der Waals surface area contributed by atoms with E-state index in [4.69, 9.17) is 11.6 Å². The lowest BCUT2D eigenvalue weighted by molar-refractivity contribution is -0.385. The van der Waals surface area contributed by atoms with E-state index in [9.17, 15) is 14.9 Å². The minimum atomic E-state index is -0.567. The van der Waals surface area contributed by atoms with Crippen molar-refractivity contribution in [1.82, 2.24) is 4.98 Å². The zero-order valence-corrected chi connectivity index (χ0v) is 13.1. The Morgan fingerprint density at radius 3 is 2.86 bits per heavy atom. The van der Waals surface area contributed by atoms with Gasteiger partial charge in [0.15, 0.2) is 5.15 Å². The standard InChI is InChI=1S/C13H9BrClN3O3/c1-7-5-9(12(15)16-6-7)17-13(19)8-3-2-4-10(11(8)14)18(20)21/h2-6H,1H3,(H,17,19). The lowest BCUT2D eigenvalue weighted by atomic mass is 10.2. The maximum Gasteiger partial charge on any atom is 0.284 e. The van der Waals surface area contributed by atoms with E-state index in [-0.39, 0.29) is 20.9 Å². The lowest BCUT2D eigenvalue weighted by Crippen LogP contribution is -2.14. The summed E-state index contributed by atoms with van der Waals surface area (Å²) in [6.45, 7) is 1.81. The smallest absolute Gasteiger partial charge is 0.284 e. The third kappa shape index (κ3) is 3.37. The number of nitro groups is 1. The fourth-order valence-corrected chi connectivity index (χ4v) is 2.41. The third-order valence-corrected chi connectivity index (χ3v) is 3.78. The van der Waals surface area contributed by atoms with Gasteiger partial charge in [-0.25, -0.2) is 4.98 Å². The number of halogens is 2. The van der Waals surface area contributed by atoms with Crippen LogP contribution in [-0.2, 0) is 0 Å². The highest BCUT2D eigenvalue weighted by Crippen LogP contribution is 2.29. The molecule has 21 heavy (non-hydrogen) atoms. The van der Waals surface area contributed by atoms with Gasteiger partial charge in [0.25, 0.3) is 11.6 Å². The molecule has 0 saturated carbocycles. The minimum absolute atomic E-state index is 0.115. The number of nitrogens with zero attached hydrogens (tertiary/aromatic N) is 2. The fraction of sp³-hybridized carbons (Fsp3) is 0.0769. The van der Waals surface area contributed by atoms with Crippen molar-refractivity contribution in [3.05, 3.63) is 61.3 Å². The fourth-order valence-electron chi connectivity index (χ4n) is 1.67. The largest absolute Gasteiger partial charge is 0.319 e. The second kappa shape index (κ2) is 6.19. The van der Waals surface area contributed by atoms with Gasteiger partial charge in [-0.05, 0) is 40.5 Å². The van der Waals surface area contributed by atoms with E-state index < -0.39 is 10.8 Å². The molecule has 0 aliphatic heterocycles. The Hall–Kier alpha value is -1.99. The monoisotopic (exact) mass is 369 g/mol. The molecule has 0 bridgehead atoms. The van der Waals surface area contributed by atoms with E-state index in [1.165, 1.54) is 18.2 Å². The summed E-state index contributed by atoms with van der Waals surface area (Å²) < 4.78 is 0.115. The Balaban J connectivity index is 2.35. The second-order valence-corrected chi connectivity index (χ2v) is 5.35. The zero-order chi connectivity index (χ0) is 15.6. The number of nitrogens with one attached hydrogen (secondary N) is 1. The maximum absolute atomic E-state index is 12.2. The number of aromatic nitrogens is 1. The van der Waals surface area contributed by atoms with E-state index in [2.05, 4.69) is 26.2 Å². The lowest BCUT2D eigenvalue weighted by Gasteiger charge is -2.08. The molecule has 0 fully saturated rings. The van der Waals surface area contributed by atoms with Crippen molar-refractivity contribution < 1.29 is 9.72 Å². The second-order valence-electron chi connectivity index (χ2n) is 4.20. The van der Waals surface area contributed by atoms with Crippen LogP contribution in [0.1, 0.15) is 15.9 Å². The summed E-state index contributed by atoms with van der Waals surface area (Å²) in [6, 6.07) is 5.89. The Morgan fingerprint density at radius 2 is 2.19 bits per heavy atom. The molecule has 0 atom stereocenters. The Morgan fingerprint density at radius 1 is 1.48 bits per heavy atom. The third-order valence-electron chi connectivity index (χ3n) is 2.64. The number of pyridine rings is 1. The summed E-state index contributed by atoms with van der Waals surface area (Å²) in [4.78, 5) is 26.4. The highest BCUT2D eigenvalue weighted by molar-refractivity contribution is 9.10. The van der Waals surface area contributed by atoms with E-state index in [0.717, 1.165) is 5.56 Å². The molecule has 0 unspecified atom stereocenters. The van der Waals surface area contributed by atoms with E-state index in [0.29, 0.717) is 5.69 Å². The molecule has 0 saturated heterocycles. The number of rotatable bonds is 3. The first-order valence-corrected chi connectivity index (χ1v) is 6.93. The molecule has 6 nitrogen and oxygen atoms in total. The van der Waals surface area contributed by atoms with Crippen molar-refractivity contribution in [2.24, 2.45) is 0 Å². The van der Waals surface area contributed by atoms with Gasteiger partial charge in [-0.15, -0.1) is 0 Å². The number of carbonyl (C=O) groups excluding carboxylic acids is 1. The molecule has 0 aliphatic carbocycles. The highest BCUT2D eigenvalue weighted by Gasteiger charge is 2.20. The molecule has 2 rings (SSSR count). The van der Waals surface area contributed by atoms with Crippen molar-refractivity contribution in [2.75, 3.05) is 5.32 Å². The van der Waals surface area contributed by atoms with Crippen LogP contribution in [0.2, 0.25) is 5.15 Å². The van der Waals surface area contributed by atoms with Crippen LogP contribution in [0.25, 0.3) is 0 Å². The van der Waals surface area contributed by atoms with Crippen molar-refractivity contribution in [3.8, 4) is 0 Å². The van der Waals surface area contributed by atoms with Crippen LogP contribution in [-0.4, -0.2) is 15.8 Å². The Labute approximate surface area is 133 Å². The predicted molar refractivity (Wildman–Crippen MR) is 82.7 cm³/mol. The molecular weight excluding hydrogens is 362 g/mol. The molecule has 1 N–H and O–H groups in total. The van der Waals surface area contributed by atoms with Crippen LogP contribution >= 0.6 is 27.5 Å². The molecule has 1 aromatic carbocycles. The molecule has 0 spiro atoms. The summed E-state index contributed by atoms with van der Waals surface area (Å²) in [6.07, 6.45) is 1.57. The number of hydrogen-bond acceptors (Lipinski definition) is 4. The number of anilines is 1. The number of aryl methyl sites for hydroxylation is 1. The van der Waals surface area contributed by atoms with Gasteiger partial charge < -0.3 is 5.32 Å². The molecule has 1 aromatic heterocycles. The van der Waals surface area contributed by atoms with Crippen LogP contribution in [0.3, 0.4) is 0 Å². The SMILES string of the molecule is Cc1cnc(Cl)c(NC(=O)c2cccc([N+](=O)[O-])c2Br)c1. The number of hydrogen-bond donors (Lipinski definition) is 1. The van der Waals surface area contributed by atoms with Crippen LogP contribution < -0.4 is 5.32 Å². The first kappa shape index (κ1) is 15.4. The number of nitro benzene ring substituents is 1. The van der Waals surface area contributed by atoms with Crippen molar-refractivity contribution in [3.63, 3.8) is 0 Å². The normalized spacial score (nSPS) is 10.2. The predicted octanol–water partition coefficient (Wildman–Crippen LogP) is 3.97. The summed E-state index contributed by atoms with van der Waals surface area (Å²) >= 11 is 8.98. The average molecular weight is 371 g/mol. The zero-order valence-electron chi connectivity index (χ0n) is 10.8. The van der Waals surface area contributed by atoms with Crippen LogP contribution in [0, 0.1) is 17.0 Å². The van der Waals surface area contributed by atoms with Gasteiger partial charge >= 0.3 is 0 Å². The number of amides is 1. The summed E-state index contributed by atoms with van der Waals surface area (Å²) in [5.74, 6) is -0.514. The van der Waals surface area contributed by atoms with Gasteiger partial charge in [-0.2, -0.15) is 0 Å². The van der Waals surface area contributed by atoms with Crippen LogP contribution in [0.4, 0.5) is 11.4 Å². The van der Waals surface area contributed by atoms with Gasteiger partial charge in [-0.3, -0.25) is 14.9 Å². The summed E-state index contributed by atoms with van der Waals surface area (Å²) in [7, 11) is 0. The quantitative estimate of drug-likeness (QED) is 0.503. The van der Waals surface area contributed by atoms with Crippen LogP contribution in [0.5, 0.6) is 0 Å². The van der Waals surface area contributed by atoms with Crippen LogP contribution in [0.15, 0.2) is 34.9 Å². The number of benzene rings is 1. The number of carbonyl (C=O) groups is 1. The summed E-state index contributed by atoms with van der Waals surface area (Å²) in [5, 5.41) is 13.6. The van der Waals surface area contributed by atoms with Gasteiger partial charge in [0.1, 0.15) is 4.47 Å². The average Bonchev–Trinajstić information content (AvgIpc) is 2.42.